The number of carbonyl (C=O) groups excluding carboxylic acids is 5. The third-order valence-corrected chi connectivity index (χ3v) is 21.3. The number of aryl methyl sites for hydroxylation is 2. The summed E-state index contributed by atoms with van der Waals surface area (Å²) >= 11 is 17.9. The molecule has 586 valence electrons. The molecule has 106 heavy (non-hydrogen) atoms. The van der Waals surface area contributed by atoms with Crippen molar-refractivity contribution in [3.63, 3.8) is 0 Å². The highest BCUT2D eigenvalue weighted by Crippen LogP contribution is 2.28. The van der Waals surface area contributed by atoms with Crippen molar-refractivity contribution in [1.29, 1.82) is 0 Å². The summed E-state index contributed by atoms with van der Waals surface area (Å²) in [5.74, 6) is -7.62. The second-order valence-corrected chi connectivity index (χ2v) is 31.0. The quantitative estimate of drug-likeness (QED) is 0.0349. The highest BCUT2D eigenvalue weighted by molar-refractivity contribution is 6.34. The van der Waals surface area contributed by atoms with Crippen molar-refractivity contribution >= 4 is 64.3 Å². The molecule has 0 aliphatic carbocycles. The third kappa shape index (κ3) is 25.3. The molecule has 0 bridgehead atoms. The van der Waals surface area contributed by atoms with Crippen molar-refractivity contribution in [2.45, 2.75) is 213 Å². The van der Waals surface area contributed by atoms with Gasteiger partial charge in [0.25, 0.3) is 29.5 Å². The Morgan fingerprint density at radius 3 is 1.28 bits per heavy atom. The summed E-state index contributed by atoms with van der Waals surface area (Å²) in [5.41, 5.74) is 13.5. The largest absolute Gasteiger partial charge is 0.390 e. The van der Waals surface area contributed by atoms with Gasteiger partial charge in [-0.1, -0.05) is 59.1 Å². The van der Waals surface area contributed by atoms with Crippen LogP contribution in [0.4, 0.5) is 26.3 Å². The molecule has 5 heterocycles. The van der Waals surface area contributed by atoms with Gasteiger partial charge in [0.05, 0.1) is 56.0 Å². The first-order chi connectivity index (χ1) is 49.8. The molecule has 10 rings (SSSR count). The Morgan fingerprint density at radius 1 is 0.434 bits per heavy atom. The van der Waals surface area contributed by atoms with E-state index in [0.717, 1.165) is 88.5 Å². The van der Waals surface area contributed by atoms with Gasteiger partial charge in [0, 0.05) is 131 Å². The van der Waals surface area contributed by atoms with Crippen molar-refractivity contribution in [3.8, 4) is 0 Å². The van der Waals surface area contributed by atoms with Crippen molar-refractivity contribution in [1.82, 2.24) is 51.1 Å². The van der Waals surface area contributed by atoms with Gasteiger partial charge in [-0.15, -0.1) is 0 Å². The molecule has 0 spiro atoms. The molecule has 5 fully saturated rings. The van der Waals surface area contributed by atoms with Crippen LogP contribution in [-0.2, 0) is 0 Å². The standard InChI is InChI=1S/C16H24ClN3O.C16H21F3N2O.C16H24FN3O.2C15H20ClFN2O2/c1-10(2)20-8-7-14(13(18)9-20)19-16(21)15-11(3)5-4-6-12(15)17;1-10(2)21-8-6-16(3,7-9-21)20-15(22)13-11(17)4-5-12(18)14(13)19;1-10(2)20-7-6-15(14(18)9-20)19-16(21)13-8-12(17)5-4-11(13)3;1-9(2)19-6-5-13(14(20)8-19)18-15(21)11-7-10(17)3-4-12(11)16;1-9(2)19-7-6-12(13(20)8-19)18-15(21)14-10(16)4-3-5-11(14)17/h4-6,10,13-14H,7-9,18H2,1-3H3,(H,19,21);4-5,10H,6-9H2,1-3H3,(H,20,22);4-5,8,10,14-15H,6-7,9,18H2,1-3H3,(H,19,21);3-4,7,9,13-14,20H,5-6,8H2,1-2H3,(H,18,21);3-5,9,12-13,20H,6-8H2,1-2H3,(H,18,21). The number of hydrogen-bond donors (Lipinski definition) is 9. The number of carbonyl (C=O) groups is 5. The van der Waals surface area contributed by atoms with E-state index in [2.05, 4.69) is 120 Å². The van der Waals surface area contributed by atoms with Gasteiger partial charge < -0.3 is 53.2 Å². The van der Waals surface area contributed by atoms with Crippen LogP contribution in [0.25, 0.3) is 0 Å². The van der Waals surface area contributed by atoms with Crippen LogP contribution in [0.3, 0.4) is 0 Å². The lowest BCUT2D eigenvalue weighted by atomic mass is 9.88. The second kappa shape index (κ2) is 40.8. The van der Waals surface area contributed by atoms with E-state index in [1.54, 1.807) is 19.1 Å². The Bertz CT molecular complexity index is 3530. The van der Waals surface area contributed by atoms with Crippen LogP contribution in [0.5, 0.6) is 0 Å². The molecular weight excluding hydrogens is 1440 g/mol. The number of likely N-dealkylation sites (tertiary alicyclic amines) is 5. The summed E-state index contributed by atoms with van der Waals surface area (Å²) in [6.45, 7) is 34.2. The van der Waals surface area contributed by atoms with Gasteiger partial charge in [-0.2, -0.15) is 0 Å². The Kier molecular flexibility index (Phi) is 34.1. The molecule has 11 N–H and O–H groups in total. The lowest BCUT2D eigenvalue weighted by molar-refractivity contribution is 0.0262. The summed E-state index contributed by atoms with van der Waals surface area (Å²) in [6, 6.07) is 20.1. The molecule has 5 aromatic carbocycles. The fourth-order valence-corrected chi connectivity index (χ4v) is 14.1. The Balaban J connectivity index is 0.000000208. The molecule has 5 aliphatic rings. The first-order valence-electron chi connectivity index (χ1n) is 36.5. The number of aliphatic hydroxyl groups excluding tert-OH is 2. The van der Waals surface area contributed by atoms with Crippen LogP contribution in [0.15, 0.2) is 84.9 Å². The molecule has 19 nitrogen and oxygen atoms in total. The van der Waals surface area contributed by atoms with Crippen molar-refractivity contribution < 1.29 is 60.5 Å². The van der Waals surface area contributed by atoms with E-state index in [0.29, 0.717) is 91.2 Å². The Morgan fingerprint density at radius 2 is 0.821 bits per heavy atom. The SMILES string of the molecule is CC(C)N1CCC(C)(NC(=O)c2c(F)ccc(F)c2F)CC1.CC(C)N1CCC(NC(=O)c2c(F)cccc2Cl)C(O)C1.CC(C)N1CCC(NC(=O)c2cc(F)ccc2Cl)C(O)C1.Cc1ccc(F)cc1C(=O)NC1CCN(C(C)C)CC1N.Cc1cccc(Cl)c1C(=O)NC1CCN(C(C)C)CC1N. The number of hydrogen-bond acceptors (Lipinski definition) is 14. The van der Waals surface area contributed by atoms with Crippen LogP contribution < -0.4 is 38.1 Å². The van der Waals surface area contributed by atoms with Crippen molar-refractivity contribution in [2.24, 2.45) is 11.5 Å². The molecule has 5 aromatic rings. The number of nitrogens with two attached hydrogens (primary N) is 2. The predicted octanol–water partition coefficient (Wildman–Crippen LogP) is 11.1. The normalized spacial score (nSPS) is 22.3. The zero-order chi connectivity index (χ0) is 78.8. The minimum atomic E-state index is -1.44. The summed E-state index contributed by atoms with van der Waals surface area (Å²) in [6.07, 6.45) is 3.00. The van der Waals surface area contributed by atoms with Crippen LogP contribution in [0.2, 0.25) is 15.1 Å². The van der Waals surface area contributed by atoms with Gasteiger partial charge >= 0.3 is 0 Å². The van der Waals surface area contributed by atoms with Crippen LogP contribution in [0, 0.1) is 48.8 Å². The number of halogens is 9. The number of amides is 5. The topological polar surface area (TPSA) is 254 Å². The third-order valence-electron chi connectivity index (χ3n) is 20.4. The molecule has 5 amide bonds. The zero-order valence-electron chi connectivity index (χ0n) is 63.1. The monoisotopic (exact) mass is 1540 g/mol. The van der Waals surface area contributed by atoms with Gasteiger partial charge in [0.2, 0.25) is 0 Å². The molecule has 5 aliphatic heterocycles. The van der Waals surface area contributed by atoms with Gasteiger partial charge in [-0.3, -0.25) is 43.6 Å². The highest BCUT2D eigenvalue weighted by Gasteiger charge is 2.37. The van der Waals surface area contributed by atoms with Gasteiger partial charge in [-0.25, -0.2) is 26.3 Å². The average Bonchev–Trinajstić information content (AvgIpc) is 0.815. The first kappa shape index (κ1) is 88.4. The van der Waals surface area contributed by atoms with Gasteiger partial charge in [0.15, 0.2) is 11.6 Å². The van der Waals surface area contributed by atoms with E-state index in [4.69, 9.17) is 46.3 Å². The van der Waals surface area contributed by atoms with Gasteiger partial charge in [-0.05, 0) is 200 Å². The fraction of sp³-hybridized carbons (Fsp3) is 0.551. The lowest BCUT2D eigenvalue weighted by Crippen LogP contribution is -2.59. The maximum absolute atomic E-state index is 13.7. The maximum atomic E-state index is 13.7. The Hall–Kier alpha value is -6.46. The molecule has 8 unspecified atom stereocenters. The van der Waals surface area contributed by atoms with Crippen LogP contribution >= 0.6 is 34.8 Å². The summed E-state index contributed by atoms with van der Waals surface area (Å²) < 4.78 is 80.7. The molecule has 28 heteroatoms. The predicted molar refractivity (Wildman–Crippen MR) is 407 cm³/mol. The Labute approximate surface area is 636 Å². The van der Waals surface area contributed by atoms with Crippen molar-refractivity contribution in [2.75, 3.05) is 65.4 Å². The molecular formula is C78H109Cl3F6N12O7. The number of nitrogens with one attached hydrogen (secondary N) is 5. The number of nitrogens with zero attached hydrogens (tertiary/aromatic N) is 5. The summed E-state index contributed by atoms with van der Waals surface area (Å²) in [5, 5.41) is 35.1. The molecule has 0 radical (unpaired) electrons. The minimum absolute atomic E-state index is 0.00294. The van der Waals surface area contributed by atoms with Crippen LogP contribution in [-0.4, -0.2) is 214 Å². The average molecular weight is 1550 g/mol. The molecule has 0 saturated carbocycles. The van der Waals surface area contributed by atoms with Gasteiger partial charge in [0.1, 0.15) is 28.8 Å². The molecule has 0 aromatic heterocycles. The van der Waals surface area contributed by atoms with E-state index in [1.165, 1.54) is 42.5 Å². The van der Waals surface area contributed by atoms with E-state index < -0.39 is 75.9 Å². The lowest BCUT2D eigenvalue weighted by Gasteiger charge is -2.41. The molecule has 8 atom stereocenters. The number of rotatable bonds is 15. The number of aliphatic hydroxyl groups is 2. The zero-order valence-corrected chi connectivity index (χ0v) is 65.4. The highest BCUT2D eigenvalue weighted by atomic mass is 35.5. The number of benzene rings is 5. The van der Waals surface area contributed by atoms with E-state index >= 15 is 0 Å². The van der Waals surface area contributed by atoms with Crippen molar-refractivity contribution in [3.05, 3.63) is 174 Å². The molecule has 5 saturated heterocycles. The second-order valence-electron chi connectivity index (χ2n) is 29.8. The number of β-amino-alcohol motifs (C(OH)–C–C–N with tert-alkyl or cyclic N) is 2. The van der Waals surface area contributed by atoms with E-state index in [9.17, 15) is 60.5 Å². The van der Waals surface area contributed by atoms with Crippen LogP contribution in [0.1, 0.15) is 178 Å². The maximum Gasteiger partial charge on any atom is 0.257 e. The minimum Gasteiger partial charge on any atom is -0.390 e. The summed E-state index contributed by atoms with van der Waals surface area (Å²) in [7, 11) is 0. The fourth-order valence-electron chi connectivity index (χ4n) is 13.3. The smallest absolute Gasteiger partial charge is 0.257 e. The number of piperidine rings is 5. The summed E-state index contributed by atoms with van der Waals surface area (Å²) in [4.78, 5) is 72.4. The van der Waals surface area contributed by atoms with E-state index in [-0.39, 0.29) is 69.2 Å². The van der Waals surface area contributed by atoms with E-state index in [1.807, 2.05) is 26.0 Å². The first-order valence-corrected chi connectivity index (χ1v) is 37.6.